The lowest BCUT2D eigenvalue weighted by Crippen LogP contribution is -2.46. The normalized spacial score (nSPS) is 21.2. The molecule has 1 unspecified atom stereocenters. The number of alkyl halides is 3. The topological polar surface area (TPSA) is 113 Å². The molecule has 2 amide bonds. The van der Waals surface area contributed by atoms with E-state index in [1.165, 1.54) is 15.6 Å². The van der Waals surface area contributed by atoms with Crippen molar-refractivity contribution in [3.05, 3.63) is 81.1 Å². The van der Waals surface area contributed by atoms with E-state index in [1.807, 2.05) is 6.92 Å². The molecule has 0 spiro atoms. The molecule has 2 aromatic carbocycles. The summed E-state index contributed by atoms with van der Waals surface area (Å²) < 4.78 is 67.2. The van der Waals surface area contributed by atoms with Gasteiger partial charge in [-0.3, -0.25) is 14.3 Å². The van der Waals surface area contributed by atoms with Crippen molar-refractivity contribution in [2.75, 3.05) is 13.2 Å². The van der Waals surface area contributed by atoms with Gasteiger partial charge < -0.3 is 14.9 Å². The number of sulfone groups is 1. The maximum Gasteiger partial charge on any atom is 0.417 e. The summed E-state index contributed by atoms with van der Waals surface area (Å²) in [5.74, 6) is -1.02. The Morgan fingerprint density at radius 3 is 2.45 bits per heavy atom. The number of amides is 2. The second-order valence-electron chi connectivity index (χ2n) is 11.7. The predicted molar refractivity (Wildman–Crippen MR) is 154 cm³/mol. The molecule has 44 heavy (non-hydrogen) atoms. The molecule has 1 aromatic heterocycles. The molecule has 9 nitrogen and oxygen atoms in total. The van der Waals surface area contributed by atoms with Crippen molar-refractivity contribution >= 4 is 33.3 Å². The number of aromatic nitrogens is 2. The Balaban J connectivity index is 1.30. The zero-order chi connectivity index (χ0) is 31.7. The van der Waals surface area contributed by atoms with Gasteiger partial charge >= 0.3 is 6.18 Å². The van der Waals surface area contributed by atoms with Gasteiger partial charge in [0.25, 0.3) is 11.8 Å². The van der Waals surface area contributed by atoms with Gasteiger partial charge in [0, 0.05) is 30.1 Å². The summed E-state index contributed by atoms with van der Waals surface area (Å²) >= 11 is 5.76. The second-order valence-corrected chi connectivity index (χ2v) is 14.3. The lowest BCUT2D eigenvalue weighted by Gasteiger charge is -2.38. The Morgan fingerprint density at radius 1 is 1.16 bits per heavy atom. The Labute approximate surface area is 257 Å². The zero-order valence-corrected chi connectivity index (χ0v) is 25.5. The van der Waals surface area contributed by atoms with Crippen LogP contribution in [0.15, 0.2) is 47.4 Å². The van der Waals surface area contributed by atoms with Gasteiger partial charge in [-0.2, -0.15) is 18.3 Å². The number of aliphatic hydroxyl groups excluding tert-OH is 1. The number of fused-ring (bicyclic) bond motifs is 3. The number of benzene rings is 2. The summed E-state index contributed by atoms with van der Waals surface area (Å²) in [6.45, 7) is 3.34. The van der Waals surface area contributed by atoms with E-state index in [1.54, 1.807) is 36.1 Å². The largest absolute Gasteiger partial charge is 0.417 e. The number of halogens is 4. The Bertz CT molecular complexity index is 1750. The SMILES string of the molecule is CC(c1ccc(S(=O)(=O)C2CC2)cc1)N1C[C@@H](CO)n2nc3c(c2C1=O)CN(C(=O)c1ccc(Cl)c(C(F)(F)F)c1)[C@H](C)C3. The van der Waals surface area contributed by atoms with Crippen LogP contribution in [0.25, 0.3) is 0 Å². The molecule has 3 aliphatic rings. The monoisotopic (exact) mass is 650 g/mol. The summed E-state index contributed by atoms with van der Waals surface area (Å²) in [6, 6.07) is 8.01. The minimum atomic E-state index is -4.74. The minimum absolute atomic E-state index is 0.0610. The van der Waals surface area contributed by atoms with E-state index < -0.39 is 50.6 Å². The van der Waals surface area contributed by atoms with E-state index in [2.05, 4.69) is 5.10 Å². The molecule has 0 saturated heterocycles. The molecule has 3 aromatic rings. The maximum absolute atomic E-state index is 14.0. The molecule has 3 atom stereocenters. The summed E-state index contributed by atoms with van der Waals surface area (Å²) in [4.78, 5) is 30.8. The highest BCUT2D eigenvalue weighted by atomic mass is 35.5. The van der Waals surface area contributed by atoms with Gasteiger partial charge in [-0.15, -0.1) is 0 Å². The van der Waals surface area contributed by atoms with Crippen LogP contribution in [0.5, 0.6) is 0 Å². The Kier molecular flexibility index (Phi) is 7.57. The molecule has 1 saturated carbocycles. The second kappa shape index (κ2) is 10.9. The molecule has 0 radical (unpaired) electrons. The molecule has 1 fully saturated rings. The summed E-state index contributed by atoms with van der Waals surface area (Å²) in [6.07, 6.45) is -3.17. The van der Waals surface area contributed by atoms with Crippen molar-refractivity contribution in [3.8, 4) is 0 Å². The smallest absolute Gasteiger partial charge is 0.394 e. The fourth-order valence-corrected chi connectivity index (χ4v) is 7.93. The van der Waals surface area contributed by atoms with Crippen molar-refractivity contribution in [1.82, 2.24) is 19.6 Å². The number of nitrogens with zero attached hydrogens (tertiary/aromatic N) is 4. The standard InChI is InChI=1S/C30H30ClF3N4O5S/c1-16-11-26-23(14-36(16)28(40)19-5-10-25(31)24(12-19)30(32,33)34)27-29(41)37(13-20(15-39)38(27)35-26)17(2)18-3-6-21(7-4-18)44(42,43)22-8-9-22/h3-7,10,12,16-17,20,22,39H,8-9,11,13-15H2,1-2H3/t16-,17?,20+/m1/s1. The van der Waals surface area contributed by atoms with Crippen LogP contribution >= 0.6 is 11.6 Å². The van der Waals surface area contributed by atoms with Crippen LogP contribution in [0.3, 0.4) is 0 Å². The van der Waals surface area contributed by atoms with Gasteiger partial charge in [0.15, 0.2) is 9.84 Å². The Morgan fingerprint density at radius 2 is 1.84 bits per heavy atom. The van der Waals surface area contributed by atoms with Crippen molar-refractivity contribution in [3.63, 3.8) is 0 Å². The average Bonchev–Trinajstić information content (AvgIpc) is 3.78. The molecule has 6 rings (SSSR count). The van der Waals surface area contributed by atoms with Crippen LogP contribution in [-0.4, -0.2) is 69.4 Å². The van der Waals surface area contributed by atoms with E-state index in [9.17, 15) is 36.3 Å². The van der Waals surface area contributed by atoms with Gasteiger partial charge in [-0.1, -0.05) is 23.7 Å². The third kappa shape index (κ3) is 5.18. The van der Waals surface area contributed by atoms with Gasteiger partial charge in [0.2, 0.25) is 0 Å². The molecule has 234 valence electrons. The molecular weight excluding hydrogens is 621 g/mol. The Hall–Kier alpha value is -3.42. The molecule has 2 aliphatic heterocycles. The van der Waals surface area contributed by atoms with Gasteiger partial charge in [-0.25, -0.2) is 8.42 Å². The van der Waals surface area contributed by atoms with Crippen LogP contribution in [0.2, 0.25) is 5.02 Å². The van der Waals surface area contributed by atoms with Gasteiger partial charge in [0.1, 0.15) is 5.69 Å². The molecule has 1 aliphatic carbocycles. The van der Waals surface area contributed by atoms with E-state index in [-0.39, 0.29) is 53.4 Å². The van der Waals surface area contributed by atoms with Crippen molar-refractivity contribution in [2.45, 2.75) is 74.1 Å². The summed E-state index contributed by atoms with van der Waals surface area (Å²) in [5, 5.41) is 14.0. The maximum atomic E-state index is 14.0. The fourth-order valence-electron chi connectivity index (χ4n) is 6.05. The molecular formula is C30H30ClF3N4O5S. The third-order valence-corrected chi connectivity index (χ3v) is 11.4. The van der Waals surface area contributed by atoms with E-state index in [4.69, 9.17) is 11.6 Å². The average molecular weight is 651 g/mol. The number of carbonyl (C=O) groups excluding carboxylic acids is 2. The van der Waals surface area contributed by atoms with Crippen LogP contribution in [0.1, 0.15) is 82.0 Å². The lowest BCUT2D eigenvalue weighted by atomic mass is 9.96. The quantitative estimate of drug-likeness (QED) is 0.409. The van der Waals surface area contributed by atoms with Crippen LogP contribution in [-0.2, 0) is 29.0 Å². The molecule has 0 bridgehead atoms. The van der Waals surface area contributed by atoms with E-state index >= 15 is 0 Å². The zero-order valence-electron chi connectivity index (χ0n) is 23.9. The van der Waals surface area contributed by atoms with E-state index in [0.29, 0.717) is 29.7 Å². The van der Waals surface area contributed by atoms with E-state index in [0.717, 1.165) is 12.1 Å². The summed E-state index contributed by atoms with van der Waals surface area (Å²) in [7, 11) is -3.37. The fraction of sp³-hybridized carbons (Fsp3) is 0.433. The molecule has 1 N–H and O–H groups in total. The van der Waals surface area contributed by atoms with Gasteiger partial charge in [0.05, 0.1) is 51.7 Å². The summed E-state index contributed by atoms with van der Waals surface area (Å²) in [5.41, 5.74) is 0.691. The number of rotatable bonds is 6. The highest BCUT2D eigenvalue weighted by Gasteiger charge is 2.42. The van der Waals surface area contributed by atoms with Gasteiger partial charge in [-0.05, 0) is 62.6 Å². The lowest BCUT2D eigenvalue weighted by molar-refractivity contribution is -0.137. The van der Waals surface area contributed by atoms with Crippen LogP contribution in [0, 0.1) is 0 Å². The molecule has 3 heterocycles. The third-order valence-electron chi connectivity index (χ3n) is 8.77. The first-order valence-corrected chi connectivity index (χ1v) is 16.2. The first-order valence-electron chi connectivity index (χ1n) is 14.3. The highest BCUT2D eigenvalue weighted by molar-refractivity contribution is 7.92. The highest BCUT2D eigenvalue weighted by Crippen LogP contribution is 2.38. The van der Waals surface area contributed by atoms with Crippen molar-refractivity contribution in [2.24, 2.45) is 0 Å². The number of hydrogen-bond donors (Lipinski definition) is 1. The first kappa shape index (κ1) is 30.6. The van der Waals surface area contributed by atoms with Crippen molar-refractivity contribution < 1.29 is 36.3 Å². The number of hydrogen-bond acceptors (Lipinski definition) is 6. The predicted octanol–water partition coefficient (Wildman–Crippen LogP) is 4.83. The number of carbonyl (C=O) groups is 2. The molecule has 14 heteroatoms. The van der Waals surface area contributed by atoms with Crippen molar-refractivity contribution in [1.29, 1.82) is 0 Å². The minimum Gasteiger partial charge on any atom is -0.394 e. The van der Waals surface area contributed by atoms with Crippen LogP contribution < -0.4 is 0 Å². The number of aliphatic hydroxyl groups is 1. The van der Waals surface area contributed by atoms with Crippen LogP contribution in [0.4, 0.5) is 13.2 Å². The first-order chi connectivity index (χ1) is 20.7.